The SMILES string of the molecule is CCc1ncc(Cn2nc(-c3nnc(-c4cncc(Cl)c4)s3)ccc2=O)s1. The molecule has 0 saturated carbocycles. The van der Waals surface area contributed by atoms with Crippen LogP contribution in [0.25, 0.3) is 21.3 Å². The summed E-state index contributed by atoms with van der Waals surface area (Å²) in [4.78, 5) is 21.6. The predicted molar refractivity (Wildman–Crippen MR) is 106 cm³/mol. The third-order valence-corrected chi connectivity index (χ3v) is 6.00. The van der Waals surface area contributed by atoms with Gasteiger partial charge in [-0.05, 0) is 18.6 Å². The first-order chi connectivity index (χ1) is 13.1. The molecule has 0 bridgehead atoms. The normalized spacial score (nSPS) is 11.0. The van der Waals surface area contributed by atoms with Crippen molar-refractivity contribution in [2.24, 2.45) is 0 Å². The van der Waals surface area contributed by atoms with Gasteiger partial charge in [-0.1, -0.05) is 29.9 Å². The van der Waals surface area contributed by atoms with Crippen molar-refractivity contribution < 1.29 is 0 Å². The molecule has 10 heteroatoms. The van der Waals surface area contributed by atoms with E-state index in [0.29, 0.717) is 27.3 Å². The van der Waals surface area contributed by atoms with E-state index in [-0.39, 0.29) is 5.56 Å². The molecule has 0 unspecified atom stereocenters. The highest BCUT2D eigenvalue weighted by atomic mass is 35.5. The fourth-order valence-corrected chi connectivity index (χ4v) is 4.19. The Labute approximate surface area is 167 Å². The van der Waals surface area contributed by atoms with Crippen LogP contribution in [0.4, 0.5) is 0 Å². The molecule has 4 heterocycles. The van der Waals surface area contributed by atoms with Crippen molar-refractivity contribution in [2.45, 2.75) is 19.9 Å². The van der Waals surface area contributed by atoms with E-state index in [2.05, 4.69) is 32.2 Å². The summed E-state index contributed by atoms with van der Waals surface area (Å²) in [6, 6.07) is 4.93. The molecule has 0 aliphatic heterocycles. The first-order valence-electron chi connectivity index (χ1n) is 8.09. The minimum absolute atomic E-state index is 0.172. The van der Waals surface area contributed by atoms with E-state index in [1.165, 1.54) is 22.1 Å². The van der Waals surface area contributed by atoms with Gasteiger partial charge in [-0.25, -0.2) is 9.67 Å². The monoisotopic (exact) mass is 416 g/mol. The number of rotatable bonds is 5. The van der Waals surface area contributed by atoms with E-state index in [9.17, 15) is 4.79 Å². The lowest BCUT2D eigenvalue weighted by molar-refractivity contribution is 0.648. The number of aromatic nitrogens is 6. The predicted octanol–water partition coefficient (Wildman–Crippen LogP) is 3.54. The summed E-state index contributed by atoms with van der Waals surface area (Å²) < 4.78 is 1.42. The molecular weight excluding hydrogens is 404 g/mol. The summed E-state index contributed by atoms with van der Waals surface area (Å²) in [5.41, 5.74) is 1.21. The Kier molecular flexibility index (Phi) is 5.06. The maximum absolute atomic E-state index is 12.2. The molecule has 7 nitrogen and oxygen atoms in total. The largest absolute Gasteiger partial charge is 0.268 e. The Hall–Kier alpha value is -2.49. The average Bonchev–Trinajstić information content (AvgIpc) is 3.33. The molecule has 4 aromatic rings. The van der Waals surface area contributed by atoms with Gasteiger partial charge in [-0.15, -0.1) is 21.5 Å². The molecular formula is C17H13ClN6OS2. The van der Waals surface area contributed by atoms with Crippen LogP contribution in [0.5, 0.6) is 0 Å². The van der Waals surface area contributed by atoms with Crippen LogP contribution in [0.2, 0.25) is 5.02 Å². The van der Waals surface area contributed by atoms with E-state index in [1.54, 1.807) is 42.1 Å². The van der Waals surface area contributed by atoms with Crippen molar-refractivity contribution in [2.75, 3.05) is 0 Å². The van der Waals surface area contributed by atoms with Gasteiger partial charge in [0.2, 0.25) is 0 Å². The fourth-order valence-electron chi connectivity index (χ4n) is 2.38. The second-order valence-corrected chi connectivity index (χ2v) is 8.21. The Balaban J connectivity index is 1.64. The van der Waals surface area contributed by atoms with Crippen molar-refractivity contribution in [1.29, 1.82) is 0 Å². The minimum Gasteiger partial charge on any atom is -0.268 e. The number of halogens is 1. The van der Waals surface area contributed by atoms with Crippen LogP contribution >= 0.6 is 34.3 Å². The van der Waals surface area contributed by atoms with Gasteiger partial charge in [0.1, 0.15) is 10.7 Å². The first-order valence-corrected chi connectivity index (χ1v) is 10.1. The Morgan fingerprint density at radius 3 is 2.74 bits per heavy atom. The highest BCUT2D eigenvalue weighted by Gasteiger charge is 2.12. The maximum Gasteiger partial charge on any atom is 0.267 e. The van der Waals surface area contributed by atoms with Crippen LogP contribution in [0.15, 0.2) is 41.6 Å². The molecule has 0 N–H and O–H groups in total. The molecule has 136 valence electrons. The van der Waals surface area contributed by atoms with Crippen LogP contribution < -0.4 is 5.56 Å². The highest BCUT2D eigenvalue weighted by molar-refractivity contribution is 7.17. The van der Waals surface area contributed by atoms with Gasteiger partial charge in [0, 0.05) is 35.1 Å². The second-order valence-electron chi connectivity index (χ2n) is 5.59. The van der Waals surface area contributed by atoms with Gasteiger partial charge in [0.25, 0.3) is 5.56 Å². The van der Waals surface area contributed by atoms with Gasteiger partial charge in [0.05, 0.1) is 16.6 Å². The summed E-state index contributed by atoms with van der Waals surface area (Å²) in [7, 11) is 0. The first kappa shape index (κ1) is 17.9. The van der Waals surface area contributed by atoms with Gasteiger partial charge < -0.3 is 0 Å². The molecule has 0 fully saturated rings. The fraction of sp³-hybridized carbons (Fsp3) is 0.176. The second kappa shape index (κ2) is 7.63. The van der Waals surface area contributed by atoms with Crippen LogP contribution in [0.3, 0.4) is 0 Å². The zero-order valence-electron chi connectivity index (χ0n) is 14.2. The molecule has 0 aromatic carbocycles. The third kappa shape index (κ3) is 3.95. The highest BCUT2D eigenvalue weighted by Crippen LogP contribution is 2.29. The lowest BCUT2D eigenvalue weighted by Crippen LogP contribution is -2.22. The van der Waals surface area contributed by atoms with Crippen molar-refractivity contribution in [3.05, 3.63) is 62.1 Å². The molecule has 0 aliphatic carbocycles. The zero-order valence-corrected chi connectivity index (χ0v) is 16.6. The Morgan fingerprint density at radius 1 is 1.11 bits per heavy atom. The molecule has 0 radical (unpaired) electrons. The van der Waals surface area contributed by atoms with Crippen LogP contribution in [0, 0.1) is 0 Å². The standard InChI is InChI=1S/C17H13ClN6OS2/c1-2-14-20-8-12(26-14)9-24-15(25)4-3-13(23-24)17-22-21-16(27-17)10-5-11(18)7-19-6-10/h3-8H,2,9H2,1H3. The van der Waals surface area contributed by atoms with Crippen molar-refractivity contribution in [1.82, 2.24) is 29.9 Å². The lowest BCUT2D eigenvalue weighted by Gasteiger charge is -2.03. The average molecular weight is 417 g/mol. The number of hydrogen-bond acceptors (Lipinski definition) is 8. The topological polar surface area (TPSA) is 86.4 Å². The molecule has 0 spiro atoms. The van der Waals surface area contributed by atoms with Gasteiger partial charge in [-0.3, -0.25) is 9.78 Å². The smallest absolute Gasteiger partial charge is 0.267 e. The van der Waals surface area contributed by atoms with Crippen molar-refractivity contribution >= 4 is 34.3 Å². The molecule has 0 amide bonds. The van der Waals surface area contributed by atoms with Crippen LogP contribution in [0.1, 0.15) is 16.8 Å². The molecule has 0 aliphatic rings. The van der Waals surface area contributed by atoms with Gasteiger partial charge in [-0.2, -0.15) is 5.10 Å². The summed E-state index contributed by atoms with van der Waals surface area (Å²) in [6.07, 6.45) is 5.91. The Bertz CT molecular complexity index is 1150. The summed E-state index contributed by atoms with van der Waals surface area (Å²) in [5, 5.41) is 15.7. The molecule has 4 rings (SSSR count). The number of nitrogens with zero attached hydrogens (tertiary/aromatic N) is 6. The summed E-state index contributed by atoms with van der Waals surface area (Å²) >= 11 is 8.94. The number of hydrogen-bond donors (Lipinski definition) is 0. The summed E-state index contributed by atoms with van der Waals surface area (Å²) in [5.74, 6) is 0. The Morgan fingerprint density at radius 2 is 1.96 bits per heavy atom. The van der Waals surface area contributed by atoms with E-state index in [1.807, 2.05) is 0 Å². The number of aryl methyl sites for hydroxylation is 1. The quantitative estimate of drug-likeness (QED) is 0.494. The lowest BCUT2D eigenvalue weighted by atomic mass is 10.3. The van der Waals surface area contributed by atoms with Gasteiger partial charge in [0.15, 0.2) is 5.01 Å². The van der Waals surface area contributed by atoms with Gasteiger partial charge >= 0.3 is 0 Å². The van der Waals surface area contributed by atoms with Crippen LogP contribution in [-0.4, -0.2) is 29.9 Å². The number of thiazole rings is 1. The van der Waals surface area contributed by atoms with Crippen molar-refractivity contribution in [3.63, 3.8) is 0 Å². The number of pyridine rings is 1. The molecule has 0 atom stereocenters. The molecule has 4 aromatic heterocycles. The van der Waals surface area contributed by atoms with Crippen molar-refractivity contribution in [3.8, 4) is 21.3 Å². The van der Waals surface area contributed by atoms with E-state index in [0.717, 1.165) is 21.9 Å². The zero-order chi connectivity index (χ0) is 18.8. The molecule has 0 saturated heterocycles. The van der Waals surface area contributed by atoms with E-state index >= 15 is 0 Å². The van der Waals surface area contributed by atoms with E-state index in [4.69, 9.17) is 11.6 Å². The minimum atomic E-state index is -0.172. The third-order valence-electron chi connectivity index (χ3n) is 3.67. The molecule has 27 heavy (non-hydrogen) atoms. The maximum atomic E-state index is 12.2. The van der Waals surface area contributed by atoms with E-state index < -0.39 is 0 Å². The summed E-state index contributed by atoms with van der Waals surface area (Å²) in [6.45, 7) is 2.43. The van der Waals surface area contributed by atoms with Crippen LogP contribution in [-0.2, 0) is 13.0 Å².